The van der Waals surface area contributed by atoms with Crippen LogP contribution in [0.15, 0.2) is 71.6 Å². The molecule has 1 N–H and O–H groups in total. The lowest BCUT2D eigenvalue weighted by Gasteiger charge is -2.32. The Morgan fingerprint density at radius 3 is 2.52 bits per heavy atom. The Bertz CT molecular complexity index is 1250. The van der Waals surface area contributed by atoms with Crippen LogP contribution in [0.1, 0.15) is 25.3 Å². The average molecular weight is 437 g/mol. The number of fused-ring (bicyclic) bond motifs is 3. The van der Waals surface area contributed by atoms with Gasteiger partial charge in [-0.3, -0.25) is 9.10 Å². The molecule has 7 heteroatoms. The highest BCUT2D eigenvalue weighted by atomic mass is 32.2. The number of benzene rings is 3. The number of rotatable bonds is 5. The maximum Gasteiger partial charge on any atom is 0.265 e. The van der Waals surface area contributed by atoms with Crippen molar-refractivity contribution in [3.8, 4) is 16.9 Å². The molecule has 0 aliphatic carbocycles. The molecule has 0 unspecified atom stereocenters. The minimum Gasteiger partial charge on any atom is -0.497 e. The van der Waals surface area contributed by atoms with Crippen molar-refractivity contribution in [3.05, 3.63) is 72.3 Å². The number of ether oxygens (including phenoxy) is 1. The van der Waals surface area contributed by atoms with Gasteiger partial charge in [0.15, 0.2) is 0 Å². The lowest BCUT2D eigenvalue weighted by atomic mass is 9.95. The van der Waals surface area contributed by atoms with E-state index in [2.05, 4.69) is 19.2 Å². The summed E-state index contributed by atoms with van der Waals surface area (Å²) >= 11 is 0. The van der Waals surface area contributed by atoms with E-state index in [1.807, 2.05) is 24.3 Å². The van der Waals surface area contributed by atoms with E-state index in [1.54, 1.807) is 49.6 Å². The number of methoxy groups -OCH3 is 1. The van der Waals surface area contributed by atoms with Crippen molar-refractivity contribution in [1.82, 2.24) is 0 Å². The monoisotopic (exact) mass is 436 g/mol. The summed E-state index contributed by atoms with van der Waals surface area (Å²) in [5, 5.41) is 2.76. The van der Waals surface area contributed by atoms with Gasteiger partial charge in [-0.1, -0.05) is 44.2 Å². The second kappa shape index (κ2) is 8.07. The van der Waals surface area contributed by atoms with E-state index in [-0.39, 0.29) is 11.4 Å². The van der Waals surface area contributed by atoms with E-state index in [0.29, 0.717) is 28.6 Å². The number of sulfonamides is 1. The molecule has 160 valence electrons. The third-order valence-corrected chi connectivity index (χ3v) is 7.16. The van der Waals surface area contributed by atoms with Crippen molar-refractivity contribution in [3.63, 3.8) is 0 Å². The SMILES string of the molecule is COc1cccc(NC(=O)CN2c3ccc(C(C)C)cc3-c3ccccc3S2(=O)=O)c1. The minimum absolute atomic E-state index is 0.206. The van der Waals surface area contributed by atoms with Gasteiger partial charge in [0.2, 0.25) is 5.91 Å². The van der Waals surface area contributed by atoms with Crippen LogP contribution in [0.3, 0.4) is 0 Å². The normalized spacial score (nSPS) is 14.0. The van der Waals surface area contributed by atoms with Gasteiger partial charge in [-0.2, -0.15) is 0 Å². The van der Waals surface area contributed by atoms with Gasteiger partial charge in [0.1, 0.15) is 12.3 Å². The molecule has 1 aliphatic heterocycles. The zero-order valence-corrected chi connectivity index (χ0v) is 18.4. The maximum atomic E-state index is 13.4. The van der Waals surface area contributed by atoms with Crippen molar-refractivity contribution in [2.45, 2.75) is 24.7 Å². The zero-order chi connectivity index (χ0) is 22.2. The Morgan fingerprint density at radius 2 is 1.77 bits per heavy atom. The number of carbonyl (C=O) groups is 1. The van der Waals surface area contributed by atoms with Crippen LogP contribution in [0.4, 0.5) is 11.4 Å². The van der Waals surface area contributed by atoms with Gasteiger partial charge in [0, 0.05) is 22.9 Å². The van der Waals surface area contributed by atoms with Crippen molar-refractivity contribution in [2.24, 2.45) is 0 Å². The van der Waals surface area contributed by atoms with Gasteiger partial charge < -0.3 is 10.1 Å². The molecule has 31 heavy (non-hydrogen) atoms. The molecule has 1 amide bonds. The standard InChI is InChI=1S/C24H24N2O4S/c1-16(2)17-11-12-22-21(13-17)20-9-4-5-10-23(20)31(28,29)26(22)15-24(27)25-18-7-6-8-19(14-18)30-3/h4-14,16H,15H2,1-3H3,(H,25,27). The molecule has 1 heterocycles. The molecule has 0 fully saturated rings. The molecule has 1 aliphatic rings. The molecular formula is C24H24N2O4S. The van der Waals surface area contributed by atoms with Gasteiger partial charge in [-0.15, -0.1) is 0 Å². The highest BCUT2D eigenvalue weighted by Gasteiger charge is 2.36. The van der Waals surface area contributed by atoms with Gasteiger partial charge in [0.25, 0.3) is 10.0 Å². The number of hydrogen-bond donors (Lipinski definition) is 1. The van der Waals surface area contributed by atoms with Crippen LogP contribution in [-0.2, 0) is 14.8 Å². The lowest BCUT2D eigenvalue weighted by Crippen LogP contribution is -2.40. The Kier molecular flexibility index (Phi) is 5.45. The Labute approximate surface area is 182 Å². The summed E-state index contributed by atoms with van der Waals surface area (Å²) in [6.07, 6.45) is 0. The summed E-state index contributed by atoms with van der Waals surface area (Å²) < 4.78 is 33.2. The van der Waals surface area contributed by atoms with Crippen LogP contribution < -0.4 is 14.4 Å². The third kappa shape index (κ3) is 3.88. The third-order valence-electron chi connectivity index (χ3n) is 5.34. The van der Waals surface area contributed by atoms with Gasteiger partial charge >= 0.3 is 0 Å². The van der Waals surface area contributed by atoms with Crippen molar-refractivity contribution < 1.29 is 17.9 Å². The van der Waals surface area contributed by atoms with Crippen LogP contribution in [0.25, 0.3) is 11.1 Å². The van der Waals surface area contributed by atoms with Crippen molar-refractivity contribution in [2.75, 3.05) is 23.3 Å². The summed E-state index contributed by atoms with van der Waals surface area (Å²) in [4.78, 5) is 13.0. The Hall–Kier alpha value is -3.32. The van der Waals surface area contributed by atoms with E-state index in [9.17, 15) is 13.2 Å². The highest BCUT2D eigenvalue weighted by molar-refractivity contribution is 7.93. The molecular weight excluding hydrogens is 412 g/mol. The fourth-order valence-electron chi connectivity index (χ4n) is 3.71. The van der Waals surface area contributed by atoms with E-state index < -0.39 is 15.9 Å². The van der Waals surface area contributed by atoms with E-state index in [4.69, 9.17) is 4.74 Å². The number of anilines is 2. The Morgan fingerprint density at radius 1 is 1.00 bits per heavy atom. The topological polar surface area (TPSA) is 75.7 Å². The Balaban J connectivity index is 1.73. The summed E-state index contributed by atoms with van der Waals surface area (Å²) in [6, 6.07) is 19.6. The summed E-state index contributed by atoms with van der Waals surface area (Å²) in [5.74, 6) is 0.458. The quantitative estimate of drug-likeness (QED) is 0.633. The summed E-state index contributed by atoms with van der Waals surface area (Å²) in [5.41, 5.74) is 3.61. The van der Waals surface area contributed by atoms with Crippen LogP contribution in [0.5, 0.6) is 5.75 Å². The fourth-order valence-corrected chi connectivity index (χ4v) is 5.36. The highest BCUT2D eigenvalue weighted by Crippen LogP contribution is 2.43. The first-order valence-corrected chi connectivity index (χ1v) is 11.5. The smallest absolute Gasteiger partial charge is 0.265 e. The maximum absolute atomic E-state index is 13.4. The predicted octanol–water partition coefficient (Wildman–Crippen LogP) is 4.63. The molecule has 6 nitrogen and oxygen atoms in total. The lowest BCUT2D eigenvalue weighted by molar-refractivity contribution is -0.114. The van der Waals surface area contributed by atoms with Crippen LogP contribution in [-0.4, -0.2) is 28.0 Å². The van der Waals surface area contributed by atoms with E-state index in [0.717, 1.165) is 11.1 Å². The van der Waals surface area contributed by atoms with Crippen molar-refractivity contribution >= 4 is 27.3 Å². The van der Waals surface area contributed by atoms with Gasteiger partial charge in [0.05, 0.1) is 17.7 Å². The second-order valence-corrected chi connectivity index (χ2v) is 9.55. The number of nitrogens with one attached hydrogen (secondary N) is 1. The minimum atomic E-state index is -3.88. The number of carbonyl (C=O) groups excluding carboxylic acids is 1. The second-order valence-electron chi connectivity index (χ2n) is 7.72. The molecule has 3 aromatic rings. The zero-order valence-electron chi connectivity index (χ0n) is 17.6. The summed E-state index contributed by atoms with van der Waals surface area (Å²) in [6.45, 7) is 3.85. The molecule has 0 saturated heterocycles. The van der Waals surface area contributed by atoms with Crippen LogP contribution >= 0.6 is 0 Å². The first-order valence-electron chi connectivity index (χ1n) is 10.0. The van der Waals surface area contributed by atoms with Gasteiger partial charge in [-0.05, 0) is 41.8 Å². The summed E-state index contributed by atoms with van der Waals surface area (Å²) in [7, 11) is -2.34. The van der Waals surface area contributed by atoms with Gasteiger partial charge in [-0.25, -0.2) is 8.42 Å². The average Bonchev–Trinajstić information content (AvgIpc) is 2.76. The fraction of sp³-hybridized carbons (Fsp3) is 0.208. The number of hydrogen-bond acceptors (Lipinski definition) is 4. The molecule has 4 rings (SSSR count). The molecule has 0 spiro atoms. The molecule has 3 aromatic carbocycles. The first-order chi connectivity index (χ1) is 14.8. The van der Waals surface area contributed by atoms with Crippen LogP contribution in [0, 0.1) is 0 Å². The molecule has 0 saturated carbocycles. The van der Waals surface area contributed by atoms with E-state index in [1.165, 1.54) is 4.31 Å². The molecule has 0 radical (unpaired) electrons. The van der Waals surface area contributed by atoms with Crippen molar-refractivity contribution in [1.29, 1.82) is 0 Å². The number of nitrogens with zero attached hydrogens (tertiary/aromatic N) is 1. The molecule has 0 bridgehead atoms. The molecule has 0 aromatic heterocycles. The van der Waals surface area contributed by atoms with Crippen LogP contribution in [0.2, 0.25) is 0 Å². The van der Waals surface area contributed by atoms with E-state index >= 15 is 0 Å². The predicted molar refractivity (Wildman–Crippen MR) is 122 cm³/mol. The first kappa shape index (κ1) is 20.9. The largest absolute Gasteiger partial charge is 0.497 e. The molecule has 0 atom stereocenters. The number of amides is 1.